The van der Waals surface area contributed by atoms with Crippen molar-refractivity contribution >= 4 is 10.0 Å². The molecule has 0 unspecified atom stereocenters. The quantitative estimate of drug-likeness (QED) is 0.883. The van der Waals surface area contributed by atoms with Crippen LogP contribution in [0.2, 0.25) is 0 Å². The molecular formula is C13H16N2O2S. The van der Waals surface area contributed by atoms with E-state index in [0.717, 1.165) is 6.42 Å². The number of hydrogen-bond acceptors (Lipinski definition) is 3. The van der Waals surface area contributed by atoms with Crippen LogP contribution in [0, 0.1) is 24.2 Å². The predicted octanol–water partition coefficient (Wildman–Crippen LogP) is 1.95. The topological polar surface area (TPSA) is 70.0 Å². The van der Waals surface area contributed by atoms with Gasteiger partial charge in [-0.1, -0.05) is 12.8 Å². The molecule has 0 atom stereocenters. The molecule has 4 nitrogen and oxygen atoms in total. The summed E-state index contributed by atoms with van der Waals surface area (Å²) in [4.78, 5) is 0.261. The van der Waals surface area contributed by atoms with Gasteiger partial charge in [0.05, 0.1) is 16.5 Å². The molecule has 1 aliphatic carbocycles. The van der Waals surface area contributed by atoms with Gasteiger partial charge in [-0.05, 0) is 43.0 Å². The Hall–Kier alpha value is -1.38. The average Bonchev–Trinajstić information content (AvgIpc) is 3.12. The highest BCUT2D eigenvalue weighted by molar-refractivity contribution is 7.89. The van der Waals surface area contributed by atoms with Crippen molar-refractivity contribution in [3.8, 4) is 6.07 Å². The third kappa shape index (κ3) is 3.09. The largest absolute Gasteiger partial charge is 0.240 e. The van der Waals surface area contributed by atoms with E-state index in [0.29, 0.717) is 23.6 Å². The van der Waals surface area contributed by atoms with Crippen molar-refractivity contribution in [2.45, 2.75) is 31.1 Å². The van der Waals surface area contributed by atoms with Crippen LogP contribution in [0.5, 0.6) is 0 Å². The summed E-state index contributed by atoms with van der Waals surface area (Å²) in [7, 11) is -3.44. The number of nitriles is 1. The van der Waals surface area contributed by atoms with Crippen LogP contribution in [-0.4, -0.2) is 15.0 Å². The molecule has 0 aliphatic heterocycles. The van der Waals surface area contributed by atoms with E-state index >= 15 is 0 Å². The van der Waals surface area contributed by atoms with Crippen molar-refractivity contribution in [1.82, 2.24) is 4.72 Å². The van der Waals surface area contributed by atoms with Gasteiger partial charge in [0.15, 0.2) is 0 Å². The number of nitrogens with one attached hydrogen (secondary N) is 1. The van der Waals surface area contributed by atoms with Gasteiger partial charge in [0.25, 0.3) is 0 Å². The van der Waals surface area contributed by atoms with E-state index in [2.05, 4.69) is 4.72 Å². The number of sulfonamides is 1. The summed E-state index contributed by atoms with van der Waals surface area (Å²) >= 11 is 0. The third-order valence-electron chi connectivity index (χ3n) is 3.14. The highest BCUT2D eigenvalue weighted by Crippen LogP contribution is 2.31. The van der Waals surface area contributed by atoms with Gasteiger partial charge >= 0.3 is 0 Å². The second-order valence-corrected chi connectivity index (χ2v) is 6.46. The van der Waals surface area contributed by atoms with E-state index in [1.807, 2.05) is 6.07 Å². The molecule has 0 radical (unpaired) electrons. The summed E-state index contributed by atoms with van der Waals surface area (Å²) in [5.41, 5.74) is 1.08. The summed E-state index contributed by atoms with van der Waals surface area (Å²) in [5, 5.41) is 8.75. The fraction of sp³-hybridized carbons (Fsp3) is 0.462. The minimum atomic E-state index is -3.44. The van der Waals surface area contributed by atoms with Crippen molar-refractivity contribution in [2.75, 3.05) is 6.54 Å². The highest BCUT2D eigenvalue weighted by Gasteiger charge is 2.22. The molecule has 1 N–H and O–H groups in total. The predicted molar refractivity (Wildman–Crippen MR) is 68.4 cm³/mol. The first-order valence-corrected chi connectivity index (χ1v) is 7.51. The molecule has 96 valence electrons. The van der Waals surface area contributed by atoms with Crippen LogP contribution in [-0.2, 0) is 10.0 Å². The zero-order chi connectivity index (χ0) is 13.2. The van der Waals surface area contributed by atoms with Gasteiger partial charge < -0.3 is 0 Å². The molecule has 18 heavy (non-hydrogen) atoms. The van der Waals surface area contributed by atoms with Crippen LogP contribution in [0.1, 0.15) is 30.4 Å². The fourth-order valence-electron chi connectivity index (χ4n) is 1.90. The van der Waals surface area contributed by atoms with E-state index in [4.69, 9.17) is 5.26 Å². The van der Waals surface area contributed by atoms with Gasteiger partial charge in [-0.25, -0.2) is 13.1 Å². The number of rotatable bonds is 5. The van der Waals surface area contributed by atoms with Crippen molar-refractivity contribution in [3.63, 3.8) is 0 Å². The summed E-state index contributed by atoms with van der Waals surface area (Å²) in [5.74, 6) is 0.703. The van der Waals surface area contributed by atoms with Crippen LogP contribution >= 0.6 is 0 Å². The Labute approximate surface area is 108 Å². The zero-order valence-electron chi connectivity index (χ0n) is 10.3. The minimum absolute atomic E-state index is 0.261. The lowest BCUT2D eigenvalue weighted by molar-refractivity contribution is 0.574. The smallest absolute Gasteiger partial charge is 0.211 e. The summed E-state index contributed by atoms with van der Waals surface area (Å²) in [6, 6.07) is 6.61. The van der Waals surface area contributed by atoms with Gasteiger partial charge in [-0.2, -0.15) is 5.26 Å². The molecule has 0 bridgehead atoms. The van der Waals surface area contributed by atoms with Gasteiger partial charge in [-0.3, -0.25) is 0 Å². The van der Waals surface area contributed by atoms with Crippen LogP contribution in [0.3, 0.4) is 0 Å². The SMILES string of the molecule is Cc1cc(C#N)ccc1S(=O)(=O)NCCC1CC1. The molecule has 0 heterocycles. The molecule has 2 rings (SSSR count). The first-order valence-electron chi connectivity index (χ1n) is 6.03. The van der Waals surface area contributed by atoms with E-state index in [-0.39, 0.29) is 4.90 Å². The molecule has 0 saturated heterocycles. The Kier molecular flexibility index (Phi) is 3.69. The maximum absolute atomic E-state index is 12.1. The second-order valence-electron chi connectivity index (χ2n) is 4.72. The molecule has 0 aromatic heterocycles. The number of nitrogens with zero attached hydrogens (tertiary/aromatic N) is 1. The number of hydrogen-bond donors (Lipinski definition) is 1. The van der Waals surface area contributed by atoms with Crippen molar-refractivity contribution in [2.24, 2.45) is 5.92 Å². The van der Waals surface area contributed by atoms with Crippen LogP contribution in [0.4, 0.5) is 0 Å². The monoisotopic (exact) mass is 264 g/mol. The van der Waals surface area contributed by atoms with Crippen molar-refractivity contribution in [3.05, 3.63) is 29.3 Å². The lowest BCUT2D eigenvalue weighted by Gasteiger charge is -2.09. The van der Waals surface area contributed by atoms with E-state index in [1.54, 1.807) is 13.0 Å². The van der Waals surface area contributed by atoms with Gasteiger partial charge in [0.2, 0.25) is 10.0 Å². The molecule has 1 aliphatic rings. The Morgan fingerprint density at radius 1 is 1.44 bits per heavy atom. The van der Waals surface area contributed by atoms with E-state index < -0.39 is 10.0 Å². The molecular weight excluding hydrogens is 248 g/mol. The Morgan fingerprint density at radius 2 is 2.17 bits per heavy atom. The lowest BCUT2D eigenvalue weighted by Crippen LogP contribution is -2.25. The maximum Gasteiger partial charge on any atom is 0.240 e. The molecule has 1 fully saturated rings. The summed E-state index contributed by atoms with van der Waals surface area (Å²) < 4.78 is 26.7. The molecule has 0 amide bonds. The standard InChI is InChI=1S/C13H16N2O2S/c1-10-8-12(9-14)4-5-13(10)18(16,17)15-7-6-11-2-3-11/h4-5,8,11,15H,2-3,6-7H2,1H3. The first kappa shape index (κ1) is 13.1. The Morgan fingerprint density at radius 3 is 2.72 bits per heavy atom. The third-order valence-corrected chi connectivity index (χ3v) is 4.76. The van der Waals surface area contributed by atoms with Gasteiger partial charge in [0.1, 0.15) is 0 Å². The summed E-state index contributed by atoms with van der Waals surface area (Å²) in [6.45, 7) is 2.20. The number of benzene rings is 1. The Balaban J connectivity index is 2.10. The molecule has 5 heteroatoms. The van der Waals surface area contributed by atoms with E-state index in [9.17, 15) is 8.42 Å². The molecule has 1 aromatic rings. The molecule has 1 aromatic carbocycles. The molecule has 1 saturated carbocycles. The highest BCUT2D eigenvalue weighted by atomic mass is 32.2. The first-order chi connectivity index (χ1) is 8.53. The minimum Gasteiger partial charge on any atom is -0.211 e. The van der Waals surface area contributed by atoms with Crippen LogP contribution in [0.25, 0.3) is 0 Å². The second kappa shape index (κ2) is 5.09. The average molecular weight is 264 g/mol. The summed E-state index contributed by atoms with van der Waals surface area (Å²) in [6.07, 6.45) is 3.35. The zero-order valence-corrected chi connectivity index (χ0v) is 11.1. The maximum atomic E-state index is 12.1. The molecule has 0 spiro atoms. The number of aryl methyl sites for hydroxylation is 1. The van der Waals surface area contributed by atoms with Crippen molar-refractivity contribution in [1.29, 1.82) is 5.26 Å². The van der Waals surface area contributed by atoms with Gasteiger partial charge in [-0.15, -0.1) is 0 Å². The van der Waals surface area contributed by atoms with Crippen LogP contribution < -0.4 is 4.72 Å². The Bertz CT molecular complexity index is 583. The van der Waals surface area contributed by atoms with E-state index in [1.165, 1.54) is 25.0 Å². The lowest BCUT2D eigenvalue weighted by atomic mass is 10.2. The van der Waals surface area contributed by atoms with Gasteiger partial charge in [0, 0.05) is 6.54 Å². The fourth-order valence-corrected chi connectivity index (χ4v) is 3.17. The van der Waals surface area contributed by atoms with Crippen LogP contribution in [0.15, 0.2) is 23.1 Å². The normalized spacial score (nSPS) is 15.3. The van der Waals surface area contributed by atoms with Crippen molar-refractivity contribution < 1.29 is 8.42 Å².